The van der Waals surface area contributed by atoms with Gasteiger partial charge in [0, 0.05) is 43.6 Å². The highest BCUT2D eigenvalue weighted by molar-refractivity contribution is 5.58. The summed E-state index contributed by atoms with van der Waals surface area (Å²) in [4.78, 5) is 5.08. The summed E-state index contributed by atoms with van der Waals surface area (Å²) >= 11 is 0. The number of piperazine rings is 1. The Morgan fingerprint density at radius 1 is 0.816 bits per heavy atom. The molecule has 0 aliphatic carbocycles. The van der Waals surface area contributed by atoms with E-state index in [0.29, 0.717) is 12.6 Å². The van der Waals surface area contributed by atoms with Crippen molar-refractivity contribution < 1.29 is 4.74 Å². The smallest absolute Gasteiger partial charge is 0.120 e. The van der Waals surface area contributed by atoms with Crippen molar-refractivity contribution in [1.82, 2.24) is 5.32 Å². The third-order valence-electron chi connectivity index (χ3n) is 8.00. The van der Waals surface area contributed by atoms with Crippen LogP contribution in [0.15, 0.2) is 103 Å². The van der Waals surface area contributed by atoms with Crippen molar-refractivity contribution in [2.24, 2.45) is 0 Å². The van der Waals surface area contributed by atoms with Gasteiger partial charge in [0.2, 0.25) is 0 Å². The number of hydrogen-bond donors (Lipinski definition) is 1. The second kappa shape index (κ2) is 11.3. The molecule has 38 heavy (non-hydrogen) atoms. The van der Waals surface area contributed by atoms with Gasteiger partial charge in [0.1, 0.15) is 12.4 Å². The van der Waals surface area contributed by atoms with Crippen molar-refractivity contribution >= 4 is 11.4 Å². The molecule has 2 unspecified atom stereocenters. The summed E-state index contributed by atoms with van der Waals surface area (Å²) in [7, 11) is 0. The van der Waals surface area contributed by atoms with Gasteiger partial charge in [-0.1, -0.05) is 73.7 Å². The van der Waals surface area contributed by atoms with Crippen molar-refractivity contribution in [2.45, 2.75) is 38.5 Å². The maximum atomic E-state index is 6.19. The maximum absolute atomic E-state index is 6.19. The number of para-hydroxylation sites is 1. The average molecular weight is 504 g/mol. The molecular formula is C34H37N3O. The molecule has 4 heteroatoms. The minimum atomic E-state index is 0.171. The summed E-state index contributed by atoms with van der Waals surface area (Å²) in [6, 6.07) is 38.0. The molecular weight excluding hydrogens is 466 g/mol. The normalized spacial score (nSPS) is 19.2. The first-order valence-electron chi connectivity index (χ1n) is 14.0. The monoisotopic (exact) mass is 503 g/mol. The highest BCUT2D eigenvalue weighted by Crippen LogP contribution is 2.40. The average Bonchev–Trinajstić information content (AvgIpc) is 3.00. The number of rotatable bonds is 7. The molecule has 0 saturated carbocycles. The Balaban J connectivity index is 1.29. The van der Waals surface area contributed by atoms with Crippen LogP contribution in [0.3, 0.4) is 0 Å². The van der Waals surface area contributed by atoms with Gasteiger partial charge >= 0.3 is 0 Å². The van der Waals surface area contributed by atoms with Crippen molar-refractivity contribution in [2.75, 3.05) is 36.0 Å². The molecule has 1 N–H and O–H groups in total. The zero-order chi connectivity index (χ0) is 25.7. The number of anilines is 2. The molecule has 0 aromatic heterocycles. The van der Waals surface area contributed by atoms with E-state index in [1.54, 1.807) is 0 Å². The second-order valence-corrected chi connectivity index (χ2v) is 10.4. The number of nitrogens with one attached hydrogen (secondary N) is 1. The van der Waals surface area contributed by atoms with E-state index in [-0.39, 0.29) is 6.04 Å². The van der Waals surface area contributed by atoms with Crippen LogP contribution in [-0.4, -0.2) is 32.2 Å². The molecule has 0 radical (unpaired) electrons. The lowest BCUT2D eigenvalue weighted by Gasteiger charge is -2.40. The second-order valence-electron chi connectivity index (χ2n) is 10.4. The fourth-order valence-electron chi connectivity index (χ4n) is 5.89. The number of fused-ring (bicyclic) bond motifs is 1. The zero-order valence-corrected chi connectivity index (χ0v) is 22.2. The van der Waals surface area contributed by atoms with Crippen molar-refractivity contribution in [3.8, 4) is 5.75 Å². The van der Waals surface area contributed by atoms with E-state index < -0.39 is 0 Å². The lowest BCUT2D eigenvalue weighted by molar-refractivity contribution is 0.305. The Bertz CT molecular complexity index is 1320. The largest absolute Gasteiger partial charge is 0.489 e. The van der Waals surface area contributed by atoms with Gasteiger partial charge in [-0.25, -0.2) is 0 Å². The Hall–Kier alpha value is -3.76. The van der Waals surface area contributed by atoms with Crippen LogP contribution in [0.2, 0.25) is 0 Å². The third-order valence-corrected chi connectivity index (χ3v) is 8.00. The molecule has 1 fully saturated rings. The van der Waals surface area contributed by atoms with E-state index in [9.17, 15) is 0 Å². The van der Waals surface area contributed by atoms with Crippen LogP contribution < -0.4 is 19.9 Å². The molecule has 4 aromatic rings. The SMILES string of the molecule is CCC1CN(c2ccc(C3c4ccc(OCc5ccccc5)cc4CCN3c3ccccc3)cc2)CCN1. The molecule has 6 rings (SSSR count). The van der Waals surface area contributed by atoms with Crippen molar-refractivity contribution in [3.05, 3.63) is 125 Å². The van der Waals surface area contributed by atoms with Crippen molar-refractivity contribution in [3.63, 3.8) is 0 Å². The fourth-order valence-corrected chi connectivity index (χ4v) is 5.89. The summed E-state index contributed by atoms with van der Waals surface area (Å²) in [5, 5.41) is 3.63. The van der Waals surface area contributed by atoms with Gasteiger partial charge in [-0.05, 0) is 71.5 Å². The molecule has 4 aromatic carbocycles. The van der Waals surface area contributed by atoms with Gasteiger partial charge in [0.05, 0.1) is 6.04 Å². The molecule has 0 bridgehead atoms. The lowest BCUT2D eigenvalue weighted by atomic mass is 9.87. The summed E-state index contributed by atoms with van der Waals surface area (Å²) in [5.41, 5.74) is 7.86. The molecule has 2 aliphatic heterocycles. The van der Waals surface area contributed by atoms with Gasteiger partial charge in [0.15, 0.2) is 0 Å². The molecule has 0 spiro atoms. The molecule has 0 amide bonds. The maximum Gasteiger partial charge on any atom is 0.120 e. The fraction of sp³-hybridized carbons (Fsp3) is 0.294. The van der Waals surface area contributed by atoms with E-state index in [4.69, 9.17) is 4.74 Å². The van der Waals surface area contributed by atoms with Crippen LogP contribution >= 0.6 is 0 Å². The predicted molar refractivity (Wildman–Crippen MR) is 157 cm³/mol. The highest BCUT2D eigenvalue weighted by atomic mass is 16.5. The first-order chi connectivity index (χ1) is 18.8. The Morgan fingerprint density at radius 3 is 2.34 bits per heavy atom. The Labute approximate surface area is 226 Å². The number of nitrogens with zero attached hydrogens (tertiary/aromatic N) is 2. The standard InChI is InChI=1S/C34H37N3O/c1-2-29-24-36(22-20-35-29)30-15-13-27(14-16-30)34-33-18-17-32(38-25-26-9-5-3-6-10-26)23-28(33)19-21-37(34)31-11-7-4-8-12-31/h3-18,23,29,34-35H,2,19-22,24-25H2,1H3. The van der Waals surface area contributed by atoms with Gasteiger partial charge in [-0.15, -0.1) is 0 Å². The van der Waals surface area contributed by atoms with Gasteiger partial charge in [-0.3, -0.25) is 0 Å². The van der Waals surface area contributed by atoms with Gasteiger partial charge in [-0.2, -0.15) is 0 Å². The molecule has 2 heterocycles. The van der Waals surface area contributed by atoms with E-state index in [1.807, 2.05) is 6.07 Å². The van der Waals surface area contributed by atoms with Crippen LogP contribution in [-0.2, 0) is 13.0 Å². The van der Waals surface area contributed by atoms with E-state index in [0.717, 1.165) is 44.8 Å². The first-order valence-corrected chi connectivity index (χ1v) is 14.0. The third kappa shape index (κ3) is 5.27. The number of benzene rings is 4. The first kappa shape index (κ1) is 24.6. The van der Waals surface area contributed by atoms with Crippen LogP contribution in [0, 0.1) is 0 Å². The zero-order valence-electron chi connectivity index (χ0n) is 22.2. The summed E-state index contributed by atoms with van der Waals surface area (Å²) in [6.45, 7) is 7.01. The van der Waals surface area contributed by atoms with Crippen molar-refractivity contribution in [1.29, 1.82) is 0 Å². The summed E-state index contributed by atoms with van der Waals surface area (Å²) in [5.74, 6) is 0.944. The molecule has 194 valence electrons. The Kier molecular flexibility index (Phi) is 7.32. The summed E-state index contributed by atoms with van der Waals surface area (Å²) in [6.07, 6.45) is 2.16. The number of ether oxygens (including phenoxy) is 1. The van der Waals surface area contributed by atoms with E-state index in [2.05, 4.69) is 119 Å². The Morgan fingerprint density at radius 2 is 1.58 bits per heavy atom. The topological polar surface area (TPSA) is 27.7 Å². The molecule has 2 aliphatic rings. The number of hydrogen-bond acceptors (Lipinski definition) is 4. The minimum Gasteiger partial charge on any atom is -0.489 e. The highest BCUT2D eigenvalue weighted by Gasteiger charge is 2.29. The quantitative estimate of drug-likeness (QED) is 0.307. The van der Waals surface area contributed by atoms with Gasteiger partial charge in [0.25, 0.3) is 0 Å². The van der Waals surface area contributed by atoms with E-state index in [1.165, 1.54) is 33.6 Å². The predicted octanol–water partition coefficient (Wildman–Crippen LogP) is 6.61. The lowest BCUT2D eigenvalue weighted by Crippen LogP contribution is -2.50. The van der Waals surface area contributed by atoms with Crippen LogP contribution in [0.1, 0.15) is 41.6 Å². The van der Waals surface area contributed by atoms with Crippen LogP contribution in [0.4, 0.5) is 11.4 Å². The molecule has 1 saturated heterocycles. The van der Waals surface area contributed by atoms with E-state index >= 15 is 0 Å². The van der Waals surface area contributed by atoms with Crippen LogP contribution in [0.5, 0.6) is 5.75 Å². The molecule has 2 atom stereocenters. The van der Waals surface area contributed by atoms with Gasteiger partial charge < -0.3 is 19.9 Å². The summed E-state index contributed by atoms with van der Waals surface area (Å²) < 4.78 is 6.19. The molecule has 4 nitrogen and oxygen atoms in total. The minimum absolute atomic E-state index is 0.171. The van der Waals surface area contributed by atoms with Crippen LogP contribution in [0.25, 0.3) is 0 Å².